The molecular weight excluding hydrogens is 136 g/mol. The highest BCUT2D eigenvalue weighted by atomic mass is 16.3. The summed E-state index contributed by atoms with van der Waals surface area (Å²) in [5, 5.41) is 9.65. The van der Waals surface area contributed by atoms with Crippen molar-refractivity contribution in [1.82, 2.24) is 0 Å². The van der Waals surface area contributed by atoms with Crippen molar-refractivity contribution in [2.24, 2.45) is 11.8 Å². The zero-order valence-electron chi connectivity index (χ0n) is 7.51. The lowest BCUT2D eigenvalue weighted by molar-refractivity contribution is 0.0656. The number of aliphatic hydroxyl groups is 1. The van der Waals surface area contributed by atoms with E-state index in [0.29, 0.717) is 11.8 Å². The summed E-state index contributed by atoms with van der Waals surface area (Å²) >= 11 is 0. The highest BCUT2D eigenvalue weighted by molar-refractivity contribution is 5.01. The summed E-state index contributed by atoms with van der Waals surface area (Å²) in [6.45, 7) is 8.12. The van der Waals surface area contributed by atoms with Gasteiger partial charge < -0.3 is 5.11 Å². The standard InChI is InChI=1S/C10H18O/c1-7(2)9-5-4-8(3)6-10(9)11/h8-11H,1,4-6H2,2-3H3/t8-,9+,10-/m0/s1. The van der Waals surface area contributed by atoms with Crippen LogP contribution in [0, 0.1) is 11.8 Å². The fraction of sp³-hybridized carbons (Fsp3) is 0.800. The quantitative estimate of drug-likeness (QED) is 0.575. The van der Waals surface area contributed by atoms with Gasteiger partial charge in [0.25, 0.3) is 0 Å². The molecule has 1 rings (SSSR count). The summed E-state index contributed by atoms with van der Waals surface area (Å²) in [6, 6.07) is 0. The van der Waals surface area contributed by atoms with Crippen molar-refractivity contribution in [3.63, 3.8) is 0 Å². The Kier molecular flexibility index (Phi) is 2.72. The van der Waals surface area contributed by atoms with Gasteiger partial charge in [-0.15, -0.1) is 0 Å². The van der Waals surface area contributed by atoms with Gasteiger partial charge in [0.15, 0.2) is 0 Å². The largest absolute Gasteiger partial charge is 0.392 e. The predicted octanol–water partition coefficient (Wildman–Crippen LogP) is 2.36. The molecule has 1 nitrogen and oxygen atoms in total. The van der Waals surface area contributed by atoms with Crippen LogP contribution in [0.5, 0.6) is 0 Å². The molecule has 0 spiro atoms. The van der Waals surface area contributed by atoms with Crippen LogP contribution in [-0.4, -0.2) is 11.2 Å². The maximum absolute atomic E-state index is 9.65. The third-order valence-electron chi connectivity index (χ3n) is 2.71. The normalized spacial score (nSPS) is 38.6. The Labute approximate surface area is 69.1 Å². The van der Waals surface area contributed by atoms with Gasteiger partial charge in [-0.3, -0.25) is 0 Å². The third-order valence-corrected chi connectivity index (χ3v) is 2.71. The van der Waals surface area contributed by atoms with Crippen LogP contribution in [0.25, 0.3) is 0 Å². The average molecular weight is 154 g/mol. The molecule has 0 amide bonds. The molecule has 1 heteroatoms. The lowest BCUT2D eigenvalue weighted by Gasteiger charge is -2.31. The van der Waals surface area contributed by atoms with Crippen LogP contribution in [0.4, 0.5) is 0 Å². The summed E-state index contributed by atoms with van der Waals surface area (Å²) < 4.78 is 0. The summed E-state index contributed by atoms with van der Waals surface area (Å²) in [7, 11) is 0. The molecule has 0 aromatic rings. The fourth-order valence-corrected chi connectivity index (χ4v) is 1.93. The Morgan fingerprint density at radius 1 is 1.45 bits per heavy atom. The summed E-state index contributed by atoms with van der Waals surface area (Å²) in [5.74, 6) is 1.06. The molecule has 11 heavy (non-hydrogen) atoms. The molecule has 0 aliphatic heterocycles. The highest BCUT2D eigenvalue weighted by Crippen LogP contribution is 2.32. The first-order valence-corrected chi connectivity index (χ1v) is 4.44. The third kappa shape index (κ3) is 2.06. The highest BCUT2D eigenvalue weighted by Gasteiger charge is 2.26. The minimum Gasteiger partial charge on any atom is -0.392 e. The Bertz CT molecular complexity index is 151. The van der Waals surface area contributed by atoms with Crippen molar-refractivity contribution in [2.45, 2.75) is 39.2 Å². The van der Waals surface area contributed by atoms with Crippen LogP contribution in [0.1, 0.15) is 33.1 Å². The maximum atomic E-state index is 9.65. The van der Waals surface area contributed by atoms with E-state index in [1.165, 1.54) is 6.42 Å². The lowest BCUT2D eigenvalue weighted by Crippen LogP contribution is -2.28. The van der Waals surface area contributed by atoms with E-state index in [1.54, 1.807) is 0 Å². The van der Waals surface area contributed by atoms with E-state index in [-0.39, 0.29) is 6.10 Å². The lowest BCUT2D eigenvalue weighted by atomic mass is 9.78. The Morgan fingerprint density at radius 2 is 2.09 bits per heavy atom. The van der Waals surface area contributed by atoms with Gasteiger partial charge in [-0.25, -0.2) is 0 Å². The molecule has 1 fully saturated rings. The van der Waals surface area contributed by atoms with Gasteiger partial charge in [0.2, 0.25) is 0 Å². The molecule has 1 aliphatic carbocycles. The monoisotopic (exact) mass is 154 g/mol. The average Bonchev–Trinajstić information content (AvgIpc) is 1.85. The zero-order chi connectivity index (χ0) is 8.43. The van der Waals surface area contributed by atoms with E-state index in [2.05, 4.69) is 13.5 Å². The second kappa shape index (κ2) is 3.40. The molecule has 3 atom stereocenters. The van der Waals surface area contributed by atoms with Crippen molar-refractivity contribution in [3.05, 3.63) is 12.2 Å². The summed E-state index contributed by atoms with van der Waals surface area (Å²) in [4.78, 5) is 0. The number of aliphatic hydroxyl groups excluding tert-OH is 1. The molecule has 1 saturated carbocycles. The van der Waals surface area contributed by atoms with Crippen LogP contribution in [-0.2, 0) is 0 Å². The van der Waals surface area contributed by atoms with Gasteiger partial charge in [0, 0.05) is 5.92 Å². The second-order valence-corrected chi connectivity index (χ2v) is 3.94. The maximum Gasteiger partial charge on any atom is 0.0607 e. The van der Waals surface area contributed by atoms with Crippen LogP contribution in [0.2, 0.25) is 0 Å². The van der Waals surface area contributed by atoms with Crippen LogP contribution < -0.4 is 0 Å². The van der Waals surface area contributed by atoms with Gasteiger partial charge >= 0.3 is 0 Å². The molecule has 1 N–H and O–H groups in total. The van der Waals surface area contributed by atoms with Crippen molar-refractivity contribution >= 4 is 0 Å². The molecule has 1 aliphatic rings. The molecule has 0 heterocycles. The van der Waals surface area contributed by atoms with Crippen molar-refractivity contribution in [1.29, 1.82) is 0 Å². The Morgan fingerprint density at radius 3 is 2.55 bits per heavy atom. The van der Waals surface area contributed by atoms with Gasteiger partial charge in [-0.05, 0) is 32.1 Å². The number of hydrogen-bond donors (Lipinski definition) is 1. The molecule has 0 aromatic carbocycles. The van der Waals surface area contributed by atoms with Gasteiger partial charge in [-0.1, -0.05) is 19.1 Å². The fourth-order valence-electron chi connectivity index (χ4n) is 1.93. The van der Waals surface area contributed by atoms with E-state index in [4.69, 9.17) is 0 Å². The van der Waals surface area contributed by atoms with Crippen LogP contribution in [0.15, 0.2) is 12.2 Å². The van der Waals surface area contributed by atoms with Crippen molar-refractivity contribution in [2.75, 3.05) is 0 Å². The first kappa shape index (κ1) is 8.79. The minimum atomic E-state index is -0.128. The molecule has 0 radical (unpaired) electrons. The molecule has 64 valence electrons. The predicted molar refractivity (Wildman–Crippen MR) is 47.3 cm³/mol. The minimum absolute atomic E-state index is 0.128. The second-order valence-electron chi connectivity index (χ2n) is 3.94. The summed E-state index contributed by atoms with van der Waals surface area (Å²) in [5.41, 5.74) is 1.14. The van der Waals surface area contributed by atoms with Gasteiger partial charge in [-0.2, -0.15) is 0 Å². The smallest absolute Gasteiger partial charge is 0.0607 e. The van der Waals surface area contributed by atoms with Crippen LogP contribution >= 0.6 is 0 Å². The van der Waals surface area contributed by atoms with E-state index < -0.39 is 0 Å². The van der Waals surface area contributed by atoms with Gasteiger partial charge in [0.1, 0.15) is 0 Å². The first-order valence-electron chi connectivity index (χ1n) is 4.44. The van der Waals surface area contributed by atoms with Gasteiger partial charge in [0.05, 0.1) is 6.10 Å². The topological polar surface area (TPSA) is 20.2 Å². The molecule has 0 bridgehead atoms. The molecular formula is C10H18O. The van der Waals surface area contributed by atoms with E-state index in [1.807, 2.05) is 6.92 Å². The molecule has 0 saturated heterocycles. The van der Waals surface area contributed by atoms with Crippen molar-refractivity contribution in [3.8, 4) is 0 Å². The first-order chi connectivity index (χ1) is 5.11. The SMILES string of the molecule is C=C(C)[C@H]1CC[C@H](C)C[C@@H]1O. The molecule has 0 unspecified atom stereocenters. The van der Waals surface area contributed by atoms with E-state index in [0.717, 1.165) is 18.4 Å². The van der Waals surface area contributed by atoms with Crippen molar-refractivity contribution < 1.29 is 5.11 Å². The van der Waals surface area contributed by atoms with E-state index >= 15 is 0 Å². The summed E-state index contributed by atoms with van der Waals surface area (Å²) in [6.07, 6.45) is 3.19. The number of hydrogen-bond acceptors (Lipinski definition) is 1. The Hall–Kier alpha value is -0.300. The zero-order valence-corrected chi connectivity index (χ0v) is 7.51. The van der Waals surface area contributed by atoms with Crippen LogP contribution in [0.3, 0.4) is 0 Å². The molecule has 0 aromatic heterocycles. The Balaban J connectivity index is 2.50. The number of rotatable bonds is 1. The van der Waals surface area contributed by atoms with E-state index in [9.17, 15) is 5.11 Å².